The first-order valence-electron chi connectivity index (χ1n) is 9.80. The van der Waals surface area contributed by atoms with Crippen LogP contribution in [-0.4, -0.2) is 33.1 Å². The van der Waals surface area contributed by atoms with Gasteiger partial charge in [-0.05, 0) is 29.9 Å². The van der Waals surface area contributed by atoms with Crippen LogP contribution < -0.4 is 5.32 Å². The average Bonchev–Trinajstić information content (AvgIpc) is 3.31. The van der Waals surface area contributed by atoms with Gasteiger partial charge in [-0.25, -0.2) is 9.78 Å². The number of benzene rings is 1. The molecule has 1 saturated heterocycles. The van der Waals surface area contributed by atoms with Crippen molar-refractivity contribution < 1.29 is 4.79 Å². The van der Waals surface area contributed by atoms with Crippen LogP contribution in [0.4, 0.5) is 4.79 Å². The Balaban J connectivity index is 1.31. The van der Waals surface area contributed by atoms with Gasteiger partial charge in [0.1, 0.15) is 0 Å². The van der Waals surface area contributed by atoms with E-state index in [0.29, 0.717) is 23.9 Å². The van der Waals surface area contributed by atoms with Crippen LogP contribution in [0.25, 0.3) is 0 Å². The predicted molar refractivity (Wildman–Crippen MR) is 106 cm³/mol. The molecule has 1 spiro atoms. The number of rotatable bonds is 5. The van der Waals surface area contributed by atoms with Gasteiger partial charge in [-0.3, -0.25) is 0 Å². The molecule has 4 rings (SSSR count). The van der Waals surface area contributed by atoms with Gasteiger partial charge in [0.2, 0.25) is 0 Å². The molecule has 5 nitrogen and oxygen atoms in total. The van der Waals surface area contributed by atoms with Crippen molar-refractivity contribution in [2.45, 2.75) is 45.8 Å². The molecule has 2 amide bonds. The number of urea groups is 1. The number of likely N-dealkylation sites (tertiary alicyclic amines) is 1. The second-order valence-corrected chi connectivity index (χ2v) is 8.27. The molecule has 1 fully saturated rings. The molecule has 0 radical (unpaired) electrons. The summed E-state index contributed by atoms with van der Waals surface area (Å²) in [6.07, 6.45) is 12.3. The Morgan fingerprint density at radius 2 is 1.93 bits per heavy atom. The summed E-state index contributed by atoms with van der Waals surface area (Å²) < 4.78 is 2.04. The molecule has 1 aromatic heterocycles. The van der Waals surface area contributed by atoms with Crippen LogP contribution in [0.5, 0.6) is 0 Å². The maximum atomic E-state index is 12.7. The standard InChI is InChI=1S/C22H28N4O/c1-17(2)20-22(9-3-4-10-22)15-26(20)21(27)24-13-18-5-7-19(8-6-18)14-25-12-11-23-16-25/h3-8,11-12,16-17,20H,9-10,13-15H2,1-2H3,(H,24,27)/t20-/m0/s1. The van der Waals surface area contributed by atoms with Crippen LogP contribution in [0, 0.1) is 11.3 Å². The predicted octanol–water partition coefficient (Wildman–Crippen LogP) is 3.82. The molecule has 1 N–H and O–H groups in total. The lowest BCUT2D eigenvalue weighted by Gasteiger charge is -2.58. The number of nitrogens with zero attached hydrogens (tertiary/aromatic N) is 3. The number of allylic oxidation sites excluding steroid dienone is 2. The molecule has 1 atom stereocenters. The van der Waals surface area contributed by atoms with E-state index in [1.54, 1.807) is 6.20 Å². The molecule has 27 heavy (non-hydrogen) atoms. The van der Waals surface area contributed by atoms with Gasteiger partial charge >= 0.3 is 6.03 Å². The highest BCUT2D eigenvalue weighted by atomic mass is 16.2. The highest BCUT2D eigenvalue weighted by Gasteiger charge is 2.55. The Morgan fingerprint density at radius 3 is 2.56 bits per heavy atom. The second-order valence-electron chi connectivity index (χ2n) is 8.27. The summed E-state index contributed by atoms with van der Waals surface area (Å²) in [6.45, 7) is 6.70. The zero-order chi connectivity index (χ0) is 18.9. The zero-order valence-electron chi connectivity index (χ0n) is 16.1. The summed E-state index contributed by atoms with van der Waals surface area (Å²) in [7, 11) is 0. The molecule has 0 bridgehead atoms. The normalized spacial score (nSPS) is 20.3. The number of nitrogens with one attached hydrogen (secondary N) is 1. The molecule has 2 heterocycles. The van der Waals surface area contributed by atoms with Crippen LogP contribution >= 0.6 is 0 Å². The van der Waals surface area contributed by atoms with Crippen molar-refractivity contribution in [2.24, 2.45) is 11.3 Å². The third-order valence-electron chi connectivity index (χ3n) is 5.95. The maximum absolute atomic E-state index is 12.7. The number of carbonyl (C=O) groups excluding carboxylic acids is 1. The number of aromatic nitrogens is 2. The molecule has 2 aromatic rings. The first-order valence-corrected chi connectivity index (χ1v) is 9.80. The molecule has 0 saturated carbocycles. The van der Waals surface area contributed by atoms with Crippen molar-refractivity contribution in [2.75, 3.05) is 6.54 Å². The van der Waals surface area contributed by atoms with Crippen LogP contribution in [-0.2, 0) is 13.1 Å². The molecule has 1 aliphatic heterocycles. The van der Waals surface area contributed by atoms with E-state index in [2.05, 4.69) is 60.6 Å². The van der Waals surface area contributed by atoms with Gasteiger partial charge in [0, 0.05) is 43.5 Å². The molecule has 1 aliphatic carbocycles. The van der Waals surface area contributed by atoms with Crippen LogP contribution in [0.2, 0.25) is 0 Å². The Kier molecular flexibility index (Phi) is 4.77. The SMILES string of the molecule is CC(C)[C@@H]1N(C(=O)NCc2ccc(Cn3ccnc3)cc2)CC12CC=CC2. The van der Waals surface area contributed by atoms with Gasteiger partial charge < -0.3 is 14.8 Å². The molecular weight excluding hydrogens is 336 g/mol. The van der Waals surface area contributed by atoms with Gasteiger partial charge in [-0.1, -0.05) is 50.3 Å². The van der Waals surface area contributed by atoms with Crippen molar-refractivity contribution in [3.8, 4) is 0 Å². The molecule has 5 heteroatoms. The van der Waals surface area contributed by atoms with E-state index in [0.717, 1.165) is 31.5 Å². The first kappa shape index (κ1) is 17.8. The second kappa shape index (κ2) is 7.22. The minimum absolute atomic E-state index is 0.0636. The van der Waals surface area contributed by atoms with E-state index in [1.165, 1.54) is 5.56 Å². The number of carbonyl (C=O) groups is 1. The van der Waals surface area contributed by atoms with Crippen molar-refractivity contribution in [1.82, 2.24) is 19.8 Å². The molecule has 142 valence electrons. The van der Waals surface area contributed by atoms with E-state index in [-0.39, 0.29) is 6.03 Å². The number of hydrogen-bond acceptors (Lipinski definition) is 2. The van der Waals surface area contributed by atoms with E-state index < -0.39 is 0 Å². The average molecular weight is 364 g/mol. The molecule has 0 unspecified atom stereocenters. The van der Waals surface area contributed by atoms with Crippen molar-refractivity contribution >= 4 is 6.03 Å². The van der Waals surface area contributed by atoms with E-state index in [9.17, 15) is 4.79 Å². The lowest BCUT2D eigenvalue weighted by molar-refractivity contribution is -0.0576. The zero-order valence-corrected chi connectivity index (χ0v) is 16.1. The lowest BCUT2D eigenvalue weighted by Crippen LogP contribution is -2.68. The number of amides is 2. The minimum atomic E-state index is 0.0636. The fraction of sp³-hybridized carbons (Fsp3) is 0.455. The summed E-state index contributed by atoms with van der Waals surface area (Å²) in [6, 6.07) is 8.80. The van der Waals surface area contributed by atoms with E-state index >= 15 is 0 Å². The van der Waals surface area contributed by atoms with Gasteiger partial charge in [-0.2, -0.15) is 0 Å². The third-order valence-corrected chi connectivity index (χ3v) is 5.95. The Hall–Kier alpha value is -2.56. The quantitative estimate of drug-likeness (QED) is 0.820. The first-order chi connectivity index (χ1) is 13.1. The largest absolute Gasteiger partial charge is 0.334 e. The lowest BCUT2D eigenvalue weighted by atomic mass is 9.65. The number of imidazole rings is 1. The van der Waals surface area contributed by atoms with Crippen molar-refractivity contribution in [1.29, 1.82) is 0 Å². The fourth-order valence-electron chi connectivity index (χ4n) is 4.74. The summed E-state index contributed by atoms with van der Waals surface area (Å²) in [5, 5.41) is 3.11. The van der Waals surface area contributed by atoms with Crippen LogP contribution in [0.1, 0.15) is 37.8 Å². The fourth-order valence-corrected chi connectivity index (χ4v) is 4.74. The van der Waals surface area contributed by atoms with Gasteiger partial charge in [0.25, 0.3) is 0 Å². The van der Waals surface area contributed by atoms with E-state index in [1.807, 2.05) is 22.0 Å². The summed E-state index contributed by atoms with van der Waals surface area (Å²) in [5.41, 5.74) is 2.64. The van der Waals surface area contributed by atoms with Gasteiger partial charge in [0.05, 0.1) is 6.33 Å². The Labute approximate surface area is 161 Å². The Morgan fingerprint density at radius 1 is 1.22 bits per heavy atom. The maximum Gasteiger partial charge on any atom is 0.317 e. The van der Waals surface area contributed by atoms with Crippen molar-refractivity contribution in [3.05, 3.63) is 66.3 Å². The topological polar surface area (TPSA) is 50.2 Å². The molecule has 1 aromatic carbocycles. The minimum Gasteiger partial charge on any atom is -0.334 e. The number of hydrogen-bond donors (Lipinski definition) is 1. The summed E-state index contributed by atoms with van der Waals surface area (Å²) in [5.74, 6) is 0.479. The molecule has 2 aliphatic rings. The van der Waals surface area contributed by atoms with Crippen LogP contribution in [0.3, 0.4) is 0 Å². The highest BCUT2D eigenvalue weighted by molar-refractivity contribution is 5.76. The smallest absolute Gasteiger partial charge is 0.317 e. The molecular formula is C22H28N4O. The highest BCUT2D eigenvalue weighted by Crippen LogP contribution is 2.50. The summed E-state index contributed by atoms with van der Waals surface area (Å²) in [4.78, 5) is 18.8. The third kappa shape index (κ3) is 3.51. The summed E-state index contributed by atoms with van der Waals surface area (Å²) >= 11 is 0. The monoisotopic (exact) mass is 364 g/mol. The Bertz CT molecular complexity index is 799. The van der Waals surface area contributed by atoms with Crippen molar-refractivity contribution in [3.63, 3.8) is 0 Å². The van der Waals surface area contributed by atoms with Crippen LogP contribution in [0.15, 0.2) is 55.1 Å². The van der Waals surface area contributed by atoms with E-state index in [4.69, 9.17) is 0 Å². The van der Waals surface area contributed by atoms with Gasteiger partial charge in [-0.15, -0.1) is 0 Å². The van der Waals surface area contributed by atoms with Gasteiger partial charge in [0.15, 0.2) is 0 Å².